The molecule has 3 aliphatic rings. The molecule has 0 radical (unpaired) electrons. The summed E-state index contributed by atoms with van der Waals surface area (Å²) >= 11 is 0. The van der Waals surface area contributed by atoms with Gasteiger partial charge in [-0.3, -0.25) is 9.59 Å². The molecule has 2 aliphatic heterocycles. The molecular weight excluding hydrogens is 328 g/mol. The second-order valence-corrected chi connectivity index (χ2v) is 8.35. The number of nitrogens with zero attached hydrogens (tertiary/aromatic N) is 4. The predicted octanol–water partition coefficient (Wildman–Crippen LogP) is 1.84. The third-order valence-electron chi connectivity index (χ3n) is 6.36. The van der Waals surface area contributed by atoms with Crippen molar-refractivity contribution in [2.24, 2.45) is 5.92 Å². The molecule has 0 aromatic carbocycles. The summed E-state index contributed by atoms with van der Waals surface area (Å²) < 4.78 is 1.70. The van der Waals surface area contributed by atoms with E-state index in [9.17, 15) is 9.59 Å². The van der Waals surface area contributed by atoms with Crippen LogP contribution in [0.5, 0.6) is 0 Å². The Hall–Kier alpha value is -1.69. The van der Waals surface area contributed by atoms with Gasteiger partial charge in [-0.15, -0.1) is 0 Å². The van der Waals surface area contributed by atoms with E-state index < -0.39 is 0 Å². The van der Waals surface area contributed by atoms with Crippen molar-refractivity contribution in [1.29, 1.82) is 0 Å². The van der Waals surface area contributed by atoms with Crippen molar-refractivity contribution in [1.82, 2.24) is 19.6 Å². The average molecular weight is 358 g/mol. The zero-order chi connectivity index (χ0) is 18.1. The third kappa shape index (κ3) is 4.00. The van der Waals surface area contributed by atoms with Crippen molar-refractivity contribution in [3.63, 3.8) is 0 Å². The van der Waals surface area contributed by atoms with Crippen LogP contribution in [-0.2, 0) is 11.3 Å². The Morgan fingerprint density at radius 2 is 1.81 bits per heavy atom. The fourth-order valence-corrected chi connectivity index (χ4v) is 4.36. The van der Waals surface area contributed by atoms with Crippen molar-refractivity contribution in [3.05, 3.63) is 28.2 Å². The molecule has 1 aliphatic carbocycles. The quantitative estimate of drug-likeness (QED) is 0.806. The number of hydrogen-bond donors (Lipinski definition) is 0. The normalized spacial score (nSPS) is 25.7. The number of carbonyl (C=O) groups excluding carboxylic acids is 1. The highest BCUT2D eigenvalue weighted by molar-refractivity contribution is 5.76. The number of hydrogen-bond acceptors (Lipinski definition) is 4. The van der Waals surface area contributed by atoms with E-state index in [-0.39, 0.29) is 11.5 Å². The summed E-state index contributed by atoms with van der Waals surface area (Å²) in [5, 5.41) is 4.61. The van der Waals surface area contributed by atoms with Crippen LogP contribution < -0.4 is 5.56 Å². The molecule has 2 saturated heterocycles. The van der Waals surface area contributed by atoms with Gasteiger partial charge in [-0.2, -0.15) is 5.10 Å². The Labute approximate surface area is 155 Å². The number of rotatable bonds is 5. The van der Waals surface area contributed by atoms with Crippen LogP contribution in [0, 0.1) is 5.92 Å². The second-order valence-electron chi connectivity index (χ2n) is 8.35. The summed E-state index contributed by atoms with van der Waals surface area (Å²) in [5.74, 6) is 1.40. The van der Waals surface area contributed by atoms with Gasteiger partial charge >= 0.3 is 0 Å². The maximum absolute atomic E-state index is 12.1. The van der Waals surface area contributed by atoms with Gasteiger partial charge in [0.05, 0.1) is 5.69 Å². The van der Waals surface area contributed by atoms with Crippen LogP contribution in [0.15, 0.2) is 16.9 Å². The lowest BCUT2D eigenvalue weighted by Gasteiger charge is -2.39. The highest BCUT2D eigenvalue weighted by Gasteiger charge is 2.29. The van der Waals surface area contributed by atoms with Crippen LogP contribution in [-0.4, -0.2) is 58.2 Å². The maximum Gasteiger partial charge on any atom is 0.266 e. The monoisotopic (exact) mass is 358 g/mol. The minimum absolute atomic E-state index is 0.0270. The number of amides is 1. The fourth-order valence-electron chi connectivity index (χ4n) is 4.36. The van der Waals surface area contributed by atoms with Crippen molar-refractivity contribution >= 4 is 5.91 Å². The van der Waals surface area contributed by atoms with Crippen molar-refractivity contribution in [2.75, 3.05) is 26.7 Å². The van der Waals surface area contributed by atoms with Gasteiger partial charge < -0.3 is 9.80 Å². The van der Waals surface area contributed by atoms with Crippen LogP contribution in [0.4, 0.5) is 0 Å². The van der Waals surface area contributed by atoms with Gasteiger partial charge in [0, 0.05) is 44.6 Å². The molecule has 26 heavy (non-hydrogen) atoms. The number of piperidine rings is 2. The molecule has 0 spiro atoms. The summed E-state index contributed by atoms with van der Waals surface area (Å²) in [4.78, 5) is 28.5. The smallest absolute Gasteiger partial charge is 0.266 e. The Kier molecular flexibility index (Phi) is 5.11. The minimum atomic E-state index is 0.0270. The largest absolute Gasteiger partial charge is 0.341 e. The van der Waals surface area contributed by atoms with E-state index >= 15 is 0 Å². The number of aromatic nitrogens is 2. The molecule has 4 rings (SSSR count). The molecule has 142 valence electrons. The Bertz CT molecular complexity index is 704. The van der Waals surface area contributed by atoms with Crippen LogP contribution in [0.1, 0.15) is 56.6 Å². The van der Waals surface area contributed by atoms with Crippen LogP contribution >= 0.6 is 0 Å². The number of likely N-dealkylation sites (tertiary alicyclic amines) is 2. The number of likely N-dealkylation sites (N-methyl/N-ethyl adjacent to an activating group) is 1. The Balaban J connectivity index is 1.29. The topological polar surface area (TPSA) is 58.4 Å². The van der Waals surface area contributed by atoms with E-state index in [0.29, 0.717) is 24.3 Å². The molecule has 1 amide bonds. The average Bonchev–Trinajstić information content (AvgIpc) is 3.48. The molecule has 6 heteroatoms. The van der Waals surface area contributed by atoms with E-state index in [1.165, 1.54) is 12.8 Å². The molecule has 3 fully saturated rings. The zero-order valence-electron chi connectivity index (χ0n) is 15.8. The van der Waals surface area contributed by atoms with Gasteiger partial charge in [-0.1, -0.05) is 0 Å². The second kappa shape index (κ2) is 7.51. The first-order valence-electron chi connectivity index (χ1n) is 10.2. The first kappa shape index (κ1) is 17.7. The van der Waals surface area contributed by atoms with Gasteiger partial charge in [0.2, 0.25) is 5.91 Å². The molecule has 6 nitrogen and oxygen atoms in total. The highest BCUT2D eigenvalue weighted by atomic mass is 16.2. The third-order valence-corrected chi connectivity index (χ3v) is 6.36. The maximum atomic E-state index is 12.1. The van der Waals surface area contributed by atoms with E-state index in [0.717, 1.165) is 57.6 Å². The van der Waals surface area contributed by atoms with Crippen molar-refractivity contribution in [3.8, 4) is 0 Å². The molecule has 3 heterocycles. The summed E-state index contributed by atoms with van der Waals surface area (Å²) in [6.45, 7) is 3.85. The molecule has 1 atom stereocenters. The molecule has 1 aromatic rings. The van der Waals surface area contributed by atoms with E-state index in [4.69, 9.17) is 0 Å². The van der Waals surface area contributed by atoms with E-state index in [2.05, 4.69) is 10.00 Å². The van der Waals surface area contributed by atoms with Crippen LogP contribution in [0.2, 0.25) is 0 Å². The summed E-state index contributed by atoms with van der Waals surface area (Å²) in [7, 11) is 1.95. The van der Waals surface area contributed by atoms with Gasteiger partial charge in [0.25, 0.3) is 5.56 Å². The van der Waals surface area contributed by atoms with Gasteiger partial charge in [0.1, 0.15) is 0 Å². The van der Waals surface area contributed by atoms with Crippen molar-refractivity contribution in [2.45, 2.75) is 63.5 Å². The molecule has 1 aromatic heterocycles. The first-order valence-corrected chi connectivity index (χ1v) is 10.2. The Morgan fingerprint density at radius 1 is 1.04 bits per heavy atom. The standard InChI is InChI=1S/C20H30N4O2/c1-22-17(3-2-4-19(22)25)14-23-11-9-15(10-12-23)13-24-20(26)8-7-18(21-24)16-5-6-16/h7-8,15-17H,2-6,9-14H2,1H3. The fraction of sp³-hybridized carbons (Fsp3) is 0.750. The van der Waals surface area contributed by atoms with Crippen LogP contribution in [0.3, 0.4) is 0 Å². The lowest BCUT2D eigenvalue weighted by Crippen LogP contribution is -2.49. The SMILES string of the molecule is CN1C(=O)CCCC1CN1CCC(Cn2nc(C3CC3)ccc2=O)CC1. The van der Waals surface area contributed by atoms with E-state index in [1.54, 1.807) is 10.7 Å². The molecule has 0 bridgehead atoms. The predicted molar refractivity (Wildman–Crippen MR) is 100 cm³/mol. The molecule has 1 saturated carbocycles. The summed E-state index contributed by atoms with van der Waals surface area (Å²) in [5.41, 5.74) is 1.12. The van der Waals surface area contributed by atoms with Crippen LogP contribution in [0.25, 0.3) is 0 Å². The molecular formula is C20H30N4O2. The minimum Gasteiger partial charge on any atom is -0.341 e. The lowest BCUT2D eigenvalue weighted by atomic mass is 9.95. The summed E-state index contributed by atoms with van der Waals surface area (Å²) in [6, 6.07) is 3.96. The first-order chi connectivity index (χ1) is 12.6. The number of carbonyl (C=O) groups is 1. The Morgan fingerprint density at radius 3 is 2.54 bits per heavy atom. The zero-order valence-corrected chi connectivity index (χ0v) is 15.8. The van der Waals surface area contributed by atoms with Gasteiger partial charge in [-0.25, -0.2) is 4.68 Å². The van der Waals surface area contributed by atoms with Gasteiger partial charge in [-0.05, 0) is 63.6 Å². The lowest BCUT2D eigenvalue weighted by molar-refractivity contribution is -0.135. The molecule has 0 N–H and O–H groups in total. The highest BCUT2D eigenvalue weighted by Crippen LogP contribution is 2.38. The van der Waals surface area contributed by atoms with E-state index in [1.807, 2.05) is 18.0 Å². The molecule has 1 unspecified atom stereocenters. The summed E-state index contributed by atoms with van der Waals surface area (Å²) in [6.07, 6.45) is 7.48. The van der Waals surface area contributed by atoms with Gasteiger partial charge in [0.15, 0.2) is 0 Å². The van der Waals surface area contributed by atoms with Crippen molar-refractivity contribution < 1.29 is 4.79 Å².